The molecule has 1 aromatic carbocycles. The van der Waals surface area contributed by atoms with Crippen LogP contribution in [-0.2, 0) is 0 Å². The molecular formula is C20H21N3O3S. The van der Waals surface area contributed by atoms with Gasteiger partial charge in [0, 0.05) is 24.0 Å². The molecule has 7 heteroatoms. The zero-order valence-corrected chi connectivity index (χ0v) is 15.6. The number of hydrogen-bond acceptors (Lipinski definition) is 4. The average Bonchev–Trinajstić information content (AvgIpc) is 3.38. The molecule has 140 valence electrons. The summed E-state index contributed by atoms with van der Waals surface area (Å²) in [4.78, 5) is 27.7. The number of thiophene rings is 1. The zero-order valence-electron chi connectivity index (χ0n) is 14.7. The van der Waals surface area contributed by atoms with Crippen molar-refractivity contribution in [2.75, 3.05) is 13.1 Å². The largest absolute Gasteiger partial charge is 0.387 e. The number of benzene rings is 1. The van der Waals surface area contributed by atoms with Crippen LogP contribution in [0.3, 0.4) is 0 Å². The van der Waals surface area contributed by atoms with Gasteiger partial charge in [0.25, 0.3) is 11.5 Å². The lowest BCUT2D eigenvalue weighted by molar-refractivity contribution is 0.0470. The van der Waals surface area contributed by atoms with Crippen molar-refractivity contribution in [1.29, 1.82) is 0 Å². The molecule has 0 aliphatic carbocycles. The van der Waals surface area contributed by atoms with Gasteiger partial charge < -0.3 is 10.0 Å². The van der Waals surface area contributed by atoms with Crippen molar-refractivity contribution >= 4 is 17.2 Å². The van der Waals surface area contributed by atoms with Crippen LogP contribution >= 0.6 is 11.3 Å². The van der Waals surface area contributed by atoms with Crippen LogP contribution in [0.1, 0.15) is 34.3 Å². The molecule has 0 bridgehead atoms. The molecule has 1 aliphatic heterocycles. The third kappa shape index (κ3) is 3.61. The molecule has 1 unspecified atom stereocenters. The van der Waals surface area contributed by atoms with Gasteiger partial charge in [0.05, 0.1) is 11.8 Å². The monoisotopic (exact) mass is 383 g/mol. The van der Waals surface area contributed by atoms with E-state index in [1.165, 1.54) is 10.7 Å². The van der Waals surface area contributed by atoms with Gasteiger partial charge >= 0.3 is 0 Å². The van der Waals surface area contributed by atoms with E-state index < -0.39 is 6.10 Å². The van der Waals surface area contributed by atoms with Gasteiger partial charge in [-0.3, -0.25) is 14.7 Å². The first-order valence-corrected chi connectivity index (χ1v) is 9.89. The van der Waals surface area contributed by atoms with Gasteiger partial charge in [0.1, 0.15) is 5.69 Å². The van der Waals surface area contributed by atoms with Crippen molar-refractivity contribution in [1.82, 2.24) is 14.7 Å². The predicted molar refractivity (Wildman–Crippen MR) is 104 cm³/mol. The lowest BCUT2D eigenvalue weighted by Gasteiger charge is -2.33. The van der Waals surface area contributed by atoms with Crippen molar-refractivity contribution < 1.29 is 9.90 Å². The van der Waals surface area contributed by atoms with E-state index in [-0.39, 0.29) is 17.4 Å². The second kappa shape index (κ2) is 7.54. The van der Waals surface area contributed by atoms with E-state index in [4.69, 9.17) is 0 Å². The molecule has 2 N–H and O–H groups in total. The van der Waals surface area contributed by atoms with E-state index in [1.807, 2.05) is 47.8 Å². The Bertz CT molecular complexity index is 954. The molecule has 1 saturated heterocycles. The SMILES string of the molecule is O=C(c1cc(=O)n(-c2ccccc2)[nH]1)N1CCC(C(O)c2cccs2)CC1. The molecule has 2 aromatic heterocycles. The molecule has 3 heterocycles. The average molecular weight is 383 g/mol. The summed E-state index contributed by atoms with van der Waals surface area (Å²) in [7, 11) is 0. The third-order valence-electron chi connectivity index (χ3n) is 5.07. The highest BCUT2D eigenvalue weighted by Gasteiger charge is 2.29. The van der Waals surface area contributed by atoms with E-state index in [0.29, 0.717) is 24.5 Å². The maximum atomic E-state index is 12.8. The van der Waals surface area contributed by atoms with E-state index >= 15 is 0 Å². The Morgan fingerprint density at radius 2 is 1.89 bits per heavy atom. The van der Waals surface area contributed by atoms with Crippen LogP contribution in [0.15, 0.2) is 58.7 Å². The van der Waals surface area contributed by atoms with Gasteiger partial charge in [-0.25, -0.2) is 4.68 Å². The summed E-state index contributed by atoms with van der Waals surface area (Å²) >= 11 is 1.56. The number of likely N-dealkylation sites (tertiary alicyclic amines) is 1. The zero-order chi connectivity index (χ0) is 18.8. The predicted octanol–water partition coefficient (Wildman–Crippen LogP) is 2.81. The number of aliphatic hydroxyl groups excluding tert-OH is 1. The second-order valence-electron chi connectivity index (χ2n) is 6.77. The van der Waals surface area contributed by atoms with Gasteiger partial charge in [-0.2, -0.15) is 0 Å². The highest BCUT2D eigenvalue weighted by molar-refractivity contribution is 7.10. The maximum Gasteiger partial charge on any atom is 0.271 e. The number of rotatable bonds is 4. The molecule has 1 atom stereocenters. The first-order valence-electron chi connectivity index (χ1n) is 9.02. The molecule has 1 aliphatic rings. The number of H-pyrrole nitrogens is 1. The molecule has 27 heavy (non-hydrogen) atoms. The number of nitrogens with one attached hydrogen (secondary N) is 1. The molecule has 6 nitrogen and oxygen atoms in total. The quantitative estimate of drug-likeness (QED) is 0.727. The van der Waals surface area contributed by atoms with Gasteiger partial charge in [-0.15, -0.1) is 11.3 Å². The second-order valence-corrected chi connectivity index (χ2v) is 7.75. The number of piperidine rings is 1. The fourth-order valence-corrected chi connectivity index (χ4v) is 4.36. The summed E-state index contributed by atoms with van der Waals surface area (Å²) in [6, 6.07) is 14.4. The fourth-order valence-electron chi connectivity index (χ4n) is 3.55. The fraction of sp³-hybridized carbons (Fsp3) is 0.300. The van der Waals surface area contributed by atoms with Crippen LogP contribution < -0.4 is 5.56 Å². The highest BCUT2D eigenvalue weighted by Crippen LogP contribution is 2.33. The molecule has 1 fully saturated rings. The Hall–Kier alpha value is -2.64. The van der Waals surface area contributed by atoms with Crippen molar-refractivity contribution in [2.24, 2.45) is 5.92 Å². The lowest BCUT2D eigenvalue weighted by Crippen LogP contribution is -2.40. The van der Waals surface area contributed by atoms with Crippen LogP contribution in [0.2, 0.25) is 0 Å². The number of carbonyl (C=O) groups excluding carboxylic acids is 1. The van der Waals surface area contributed by atoms with Crippen molar-refractivity contribution in [3.8, 4) is 5.69 Å². The lowest BCUT2D eigenvalue weighted by atomic mass is 9.90. The number of aliphatic hydroxyl groups is 1. The Morgan fingerprint density at radius 3 is 2.56 bits per heavy atom. The molecule has 0 saturated carbocycles. The van der Waals surface area contributed by atoms with Crippen LogP contribution in [0.4, 0.5) is 0 Å². The standard InChI is InChI=1S/C20H21N3O3S/c24-18-13-16(21-23(18)15-5-2-1-3-6-15)20(26)22-10-8-14(9-11-22)19(25)17-7-4-12-27-17/h1-7,12-14,19,21,25H,8-11H2. The van der Waals surface area contributed by atoms with E-state index in [1.54, 1.807) is 16.2 Å². The van der Waals surface area contributed by atoms with Crippen LogP contribution in [0, 0.1) is 5.92 Å². The number of aromatic nitrogens is 2. The van der Waals surface area contributed by atoms with Crippen LogP contribution in [0.25, 0.3) is 5.69 Å². The summed E-state index contributed by atoms with van der Waals surface area (Å²) in [6.07, 6.45) is 1.02. The Morgan fingerprint density at radius 1 is 1.15 bits per heavy atom. The molecule has 0 radical (unpaired) electrons. The molecule has 3 aromatic rings. The topological polar surface area (TPSA) is 78.3 Å². The van der Waals surface area contributed by atoms with Crippen molar-refractivity contribution in [3.63, 3.8) is 0 Å². The summed E-state index contributed by atoms with van der Waals surface area (Å²) < 4.78 is 1.38. The highest BCUT2D eigenvalue weighted by atomic mass is 32.1. The number of hydrogen-bond donors (Lipinski definition) is 2. The minimum atomic E-state index is -0.471. The van der Waals surface area contributed by atoms with E-state index in [9.17, 15) is 14.7 Å². The number of amides is 1. The summed E-state index contributed by atoms with van der Waals surface area (Å²) in [5.74, 6) is -0.0217. The van der Waals surface area contributed by atoms with Crippen molar-refractivity contribution in [2.45, 2.75) is 18.9 Å². The Balaban J connectivity index is 1.43. The number of nitrogens with zero attached hydrogens (tertiary/aromatic N) is 2. The minimum Gasteiger partial charge on any atom is -0.387 e. The first kappa shape index (κ1) is 17.8. The summed E-state index contributed by atoms with van der Waals surface area (Å²) in [5.41, 5.74) is 0.730. The van der Waals surface area contributed by atoms with Crippen LogP contribution in [-0.4, -0.2) is 38.8 Å². The van der Waals surface area contributed by atoms with E-state index in [2.05, 4.69) is 5.10 Å². The molecule has 4 rings (SSSR count). The van der Waals surface area contributed by atoms with Gasteiger partial charge in [-0.05, 0) is 42.3 Å². The first-order chi connectivity index (χ1) is 13.1. The normalized spacial score (nSPS) is 16.4. The summed E-state index contributed by atoms with van der Waals surface area (Å²) in [6.45, 7) is 1.15. The summed E-state index contributed by atoms with van der Waals surface area (Å²) in [5, 5.41) is 15.4. The molecule has 0 spiro atoms. The number of para-hydroxylation sites is 1. The van der Waals surface area contributed by atoms with Gasteiger partial charge in [0.15, 0.2) is 0 Å². The third-order valence-corrected chi connectivity index (χ3v) is 6.02. The van der Waals surface area contributed by atoms with E-state index in [0.717, 1.165) is 17.7 Å². The number of carbonyl (C=O) groups is 1. The Kier molecular flexibility index (Phi) is 4.96. The van der Waals surface area contributed by atoms with Gasteiger partial charge in [0.2, 0.25) is 0 Å². The maximum absolute atomic E-state index is 12.8. The molecule has 1 amide bonds. The smallest absolute Gasteiger partial charge is 0.271 e. The van der Waals surface area contributed by atoms with Gasteiger partial charge in [-0.1, -0.05) is 24.3 Å². The van der Waals surface area contributed by atoms with Crippen molar-refractivity contribution in [3.05, 3.63) is 74.8 Å². The van der Waals surface area contributed by atoms with Crippen LogP contribution in [0.5, 0.6) is 0 Å². The Labute approximate surface area is 160 Å². The molecular weight excluding hydrogens is 362 g/mol. The number of aromatic amines is 1. The minimum absolute atomic E-state index is 0.153.